The monoisotopic (exact) mass is 539 g/mol. The summed E-state index contributed by atoms with van der Waals surface area (Å²) < 4.78 is 13.2. The van der Waals surface area contributed by atoms with Gasteiger partial charge in [-0.1, -0.05) is 67.0 Å². The molecule has 1 aliphatic rings. The molecule has 190 valence electrons. The number of ether oxygens (including phenoxy) is 2. The van der Waals surface area contributed by atoms with E-state index in [2.05, 4.69) is 6.58 Å². The third-order valence-corrected chi connectivity index (χ3v) is 7.30. The van der Waals surface area contributed by atoms with Crippen molar-refractivity contribution in [2.75, 3.05) is 13.7 Å². The number of methoxy groups -OCH3 is 1. The van der Waals surface area contributed by atoms with Gasteiger partial charge in [-0.3, -0.25) is 9.69 Å². The van der Waals surface area contributed by atoms with E-state index < -0.39 is 0 Å². The van der Waals surface area contributed by atoms with E-state index in [0.717, 1.165) is 39.6 Å². The van der Waals surface area contributed by atoms with Crippen LogP contribution in [0.1, 0.15) is 11.1 Å². The van der Waals surface area contributed by atoms with Crippen LogP contribution in [0, 0.1) is 0 Å². The van der Waals surface area contributed by atoms with Crippen molar-refractivity contribution in [3.05, 3.63) is 114 Å². The molecule has 0 aliphatic carbocycles. The molecule has 8 heteroatoms. The summed E-state index contributed by atoms with van der Waals surface area (Å²) in [6, 6.07) is 25.2. The van der Waals surface area contributed by atoms with Crippen molar-refractivity contribution in [2.45, 2.75) is 6.54 Å². The van der Waals surface area contributed by atoms with E-state index in [4.69, 9.17) is 26.8 Å². The van der Waals surface area contributed by atoms with Gasteiger partial charge in [-0.25, -0.2) is 4.68 Å². The molecule has 3 aromatic carbocycles. The topological polar surface area (TPSA) is 56.6 Å². The number of benzene rings is 3. The second-order valence-corrected chi connectivity index (χ2v) is 10.1. The molecule has 0 unspecified atom stereocenters. The average molecular weight is 540 g/mol. The van der Waals surface area contributed by atoms with Crippen molar-refractivity contribution in [3.63, 3.8) is 0 Å². The highest BCUT2D eigenvalue weighted by atomic mass is 32.2. The van der Waals surface area contributed by atoms with Crippen molar-refractivity contribution in [3.8, 4) is 28.4 Å². The lowest BCUT2D eigenvalue weighted by Crippen LogP contribution is -2.27. The third kappa shape index (κ3) is 5.56. The summed E-state index contributed by atoms with van der Waals surface area (Å²) in [4.78, 5) is 15.6. The molecule has 38 heavy (non-hydrogen) atoms. The number of para-hydroxylation sites is 1. The maximum Gasteiger partial charge on any atom is 0.266 e. The Labute approximate surface area is 231 Å². The van der Waals surface area contributed by atoms with Gasteiger partial charge in [0, 0.05) is 17.3 Å². The number of carbonyl (C=O) groups excluding carboxylic acids is 1. The van der Waals surface area contributed by atoms with Gasteiger partial charge in [0.1, 0.15) is 22.4 Å². The predicted octanol–water partition coefficient (Wildman–Crippen LogP) is 6.51. The van der Waals surface area contributed by atoms with Crippen LogP contribution >= 0.6 is 24.0 Å². The zero-order valence-corrected chi connectivity index (χ0v) is 22.4. The zero-order valence-electron chi connectivity index (χ0n) is 20.7. The second-order valence-electron chi connectivity index (χ2n) is 8.45. The fraction of sp³-hybridized carbons (Fsp3) is 0.100. The molecule has 0 radical (unpaired) electrons. The fourth-order valence-corrected chi connectivity index (χ4v) is 5.23. The van der Waals surface area contributed by atoms with Crippen LogP contribution in [-0.4, -0.2) is 38.6 Å². The first kappa shape index (κ1) is 25.5. The van der Waals surface area contributed by atoms with Gasteiger partial charge >= 0.3 is 0 Å². The van der Waals surface area contributed by atoms with Crippen LogP contribution in [0.5, 0.6) is 11.5 Å². The van der Waals surface area contributed by atoms with Gasteiger partial charge < -0.3 is 9.47 Å². The number of thioether (sulfide) groups is 1. The summed E-state index contributed by atoms with van der Waals surface area (Å²) in [5.74, 6) is 1.39. The first-order valence-corrected chi connectivity index (χ1v) is 13.2. The molecule has 6 nitrogen and oxygen atoms in total. The van der Waals surface area contributed by atoms with Crippen LogP contribution in [0.2, 0.25) is 0 Å². The minimum atomic E-state index is -0.123. The largest absolute Gasteiger partial charge is 0.497 e. The number of hydrogen-bond donors (Lipinski definition) is 0. The Balaban J connectivity index is 1.47. The van der Waals surface area contributed by atoms with Crippen LogP contribution < -0.4 is 9.47 Å². The molecule has 0 spiro atoms. The Bertz CT molecular complexity index is 1490. The van der Waals surface area contributed by atoms with Crippen molar-refractivity contribution >= 4 is 40.3 Å². The van der Waals surface area contributed by atoms with Crippen molar-refractivity contribution in [2.24, 2.45) is 0 Å². The Kier molecular flexibility index (Phi) is 7.72. The normalized spacial score (nSPS) is 14.2. The number of carbonyl (C=O) groups is 1. The van der Waals surface area contributed by atoms with E-state index in [9.17, 15) is 4.79 Å². The molecule has 1 aliphatic heterocycles. The molecule has 0 saturated carbocycles. The van der Waals surface area contributed by atoms with Crippen molar-refractivity contribution in [1.82, 2.24) is 14.7 Å². The Hall–Kier alpha value is -4.14. The molecular formula is C30H25N3O3S2. The number of amides is 1. The predicted molar refractivity (Wildman–Crippen MR) is 156 cm³/mol. The van der Waals surface area contributed by atoms with Crippen molar-refractivity contribution in [1.29, 1.82) is 0 Å². The van der Waals surface area contributed by atoms with E-state index in [1.807, 2.05) is 95.8 Å². The fourth-order valence-electron chi connectivity index (χ4n) is 3.99. The first-order chi connectivity index (χ1) is 18.6. The lowest BCUT2D eigenvalue weighted by atomic mass is 10.1. The third-order valence-electron chi connectivity index (χ3n) is 5.92. The number of rotatable bonds is 9. The second kappa shape index (κ2) is 11.5. The lowest BCUT2D eigenvalue weighted by molar-refractivity contribution is -0.122. The number of thiocarbonyl (C=S) groups is 1. The summed E-state index contributed by atoms with van der Waals surface area (Å²) >= 11 is 6.88. The van der Waals surface area contributed by atoms with Crippen molar-refractivity contribution < 1.29 is 14.3 Å². The highest BCUT2D eigenvalue weighted by molar-refractivity contribution is 8.26. The lowest BCUT2D eigenvalue weighted by Gasteiger charge is -2.14. The van der Waals surface area contributed by atoms with Crippen LogP contribution in [0.4, 0.5) is 0 Å². The molecule has 1 aromatic heterocycles. The summed E-state index contributed by atoms with van der Waals surface area (Å²) in [7, 11) is 1.63. The van der Waals surface area contributed by atoms with E-state index in [-0.39, 0.29) is 5.91 Å². The maximum absolute atomic E-state index is 13.4. The molecular weight excluding hydrogens is 514 g/mol. The minimum absolute atomic E-state index is 0.123. The molecule has 5 rings (SSSR count). The summed E-state index contributed by atoms with van der Waals surface area (Å²) in [5, 5.41) is 4.87. The van der Waals surface area contributed by atoms with E-state index in [1.54, 1.807) is 18.1 Å². The summed E-state index contributed by atoms with van der Waals surface area (Å²) in [6.45, 7) is 4.52. The molecule has 2 heterocycles. The molecule has 1 amide bonds. The Morgan fingerprint density at radius 2 is 1.71 bits per heavy atom. The van der Waals surface area contributed by atoms with E-state index >= 15 is 0 Å². The van der Waals surface area contributed by atoms with Crippen LogP contribution in [0.15, 0.2) is 103 Å². The molecule has 1 saturated heterocycles. The molecule has 1 fully saturated rings. The molecule has 4 aromatic rings. The van der Waals surface area contributed by atoms with Gasteiger partial charge in [0.15, 0.2) is 0 Å². The average Bonchev–Trinajstić information content (AvgIpc) is 3.49. The van der Waals surface area contributed by atoms with Crippen LogP contribution in [0.25, 0.3) is 23.0 Å². The number of hydrogen-bond acceptors (Lipinski definition) is 6. The quantitative estimate of drug-likeness (QED) is 0.137. The van der Waals surface area contributed by atoms with Gasteiger partial charge in [0.2, 0.25) is 0 Å². The van der Waals surface area contributed by atoms with Gasteiger partial charge in [0.25, 0.3) is 5.91 Å². The van der Waals surface area contributed by atoms with Crippen LogP contribution in [-0.2, 0) is 11.3 Å². The minimum Gasteiger partial charge on any atom is -0.497 e. The van der Waals surface area contributed by atoms with Gasteiger partial charge in [0.05, 0.1) is 29.9 Å². The SMILES string of the molecule is C=CCOc1ccc(-c2nn(-c3ccccc3)cc2/C=C2\SC(=S)N(Cc3ccc(OC)cc3)C2=O)cc1. The summed E-state index contributed by atoms with van der Waals surface area (Å²) in [6.07, 6.45) is 5.51. The Morgan fingerprint density at radius 1 is 1.00 bits per heavy atom. The van der Waals surface area contributed by atoms with E-state index in [1.165, 1.54) is 11.8 Å². The maximum atomic E-state index is 13.4. The molecule has 0 bridgehead atoms. The Morgan fingerprint density at radius 3 is 2.39 bits per heavy atom. The van der Waals surface area contributed by atoms with Gasteiger partial charge in [-0.2, -0.15) is 5.10 Å². The highest BCUT2D eigenvalue weighted by Gasteiger charge is 2.32. The number of nitrogens with zero attached hydrogens (tertiary/aromatic N) is 3. The van der Waals surface area contributed by atoms with E-state index in [0.29, 0.717) is 22.4 Å². The van der Waals surface area contributed by atoms with Gasteiger partial charge in [-0.05, 0) is 60.2 Å². The molecule has 0 atom stereocenters. The van der Waals surface area contributed by atoms with Gasteiger partial charge in [-0.15, -0.1) is 0 Å². The first-order valence-electron chi connectivity index (χ1n) is 11.9. The highest BCUT2D eigenvalue weighted by Crippen LogP contribution is 2.36. The smallest absolute Gasteiger partial charge is 0.266 e. The number of aromatic nitrogens is 2. The zero-order chi connectivity index (χ0) is 26.5. The molecule has 0 N–H and O–H groups in total. The standard InChI is InChI=1S/C30H25N3O3S2/c1-3-17-36-26-15-11-22(12-16-26)28-23(20-33(31-28)24-7-5-4-6-8-24)18-27-29(34)32(30(37)38-27)19-21-9-13-25(35-2)14-10-21/h3-16,18,20H,1,17,19H2,2H3/b27-18-. The van der Waals surface area contributed by atoms with Crippen LogP contribution in [0.3, 0.4) is 0 Å². The summed E-state index contributed by atoms with van der Waals surface area (Å²) in [5.41, 5.74) is 4.37.